The highest BCUT2D eigenvalue weighted by Gasteiger charge is 2.14. The van der Waals surface area contributed by atoms with E-state index in [1.807, 2.05) is 47.2 Å². The topological polar surface area (TPSA) is 74.2 Å². The molecule has 2 aromatic heterocycles. The van der Waals surface area contributed by atoms with Crippen LogP contribution in [-0.4, -0.2) is 16.4 Å². The molecule has 1 aromatic carbocycles. The molecule has 0 atom stereocenters. The lowest BCUT2D eigenvalue weighted by Gasteiger charge is -2.14. The van der Waals surface area contributed by atoms with E-state index in [9.17, 15) is 14.7 Å². The van der Waals surface area contributed by atoms with E-state index in [1.54, 1.807) is 23.5 Å². The minimum Gasteiger partial charge on any atom is -0.550 e. The number of rotatable bonds is 7. The van der Waals surface area contributed by atoms with Crippen molar-refractivity contribution >= 4 is 40.5 Å². The van der Waals surface area contributed by atoms with Crippen LogP contribution >= 0.6 is 22.9 Å². The second-order valence-electron chi connectivity index (χ2n) is 6.16. The van der Waals surface area contributed by atoms with Gasteiger partial charge in [0.05, 0.1) is 10.6 Å². The van der Waals surface area contributed by atoms with Crippen molar-refractivity contribution in [2.24, 2.45) is 0 Å². The van der Waals surface area contributed by atoms with Crippen molar-refractivity contribution in [2.75, 3.05) is 5.32 Å². The van der Waals surface area contributed by atoms with Gasteiger partial charge < -0.3 is 19.8 Å². The van der Waals surface area contributed by atoms with Crippen LogP contribution in [0.2, 0.25) is 5.02 Å². The molecular weight excluding hydrogens is 384 g/mol. The minimum absolute atomic E-state index is 0.0775. The molecule has 1 amide bonds. The largest absolute Gasteiger partial charge is 0.550 e. The SMILES string of the molecule is Cc1ccc(NC(=O)Cn2c(CCC(=O)[O-])ccc2-c2cccs2)cc1Cl. The van der Waals surface area contributed by atoms with Crippen molar-refractivity contribution in [1.29, 1.82) is 0 Å². The average molecular weight is 402 g/mol. The van der Waals surface area contributed by atoms with E-state index in [4.69, 9.17) is 11.6 Å². The fraction of sp³-hybridized carbons (Fsp3) is 0.200. The second-order valence-corrected chi connectivity index (χ2v) is 7.51. The molecule has 140 valence electrons. The van der Waals surface area contributed by atoms with Crippen LogP contribution in [0.25, 0.3) is 10.6 Å². The Balaban J connectivity index is 1.82. The summed E-state index contributed by atoms with van der Waals surface area (Å²) in [5.41, 5.74) is 3.22. The number of nitrogens with zero attached hydrogens (tertiary/aromatic N) is 1. The smallest absolute Gasteiger partial charge is 0.244 e. The molecule has 0 bridgehead atoms. The van der Waals surface area contributed by atoms with E-state index in [0.29, 0.717) is 17.1 Å². The summed E-state index contributed by atoms with van der Waals surface area (Å²) in [6.45, 7) is 1.97. The predicted molar refractivity (Wildman–Crippen MR) is 106 cm³/mol. The van der Waals surface area contributed by atoms with Crippen molar-refractivity contribution < 1.29 is 14.7 Å². The Labute approximate surface area is 166 Å². The Kier molecular flexibility index (Phi) is 5.98. The Morgan fingerprint density at radius 1 is 1.22 bits per heavy atom. The number of anilines is 1. The molecule has 1 N–H and O–H groups in total. The summed E-state index contributed by atoms with van der Waals surface area (Å²) in [7, 11) is 0. The van der Waals surface area contributed by atoms with E-state index in [-0.39, 0.29) is 18.9 Å². The van der Waals surface area contributed by atoms with Gasteiger partial charge in [0, 0.05) is 22.4 Å². The molecular formula is C20H18ClN2O3S-. The molecule has 0 aliphatic heterocycles. The molecule has 0 spiro atoms. The number of amides is 1. The highest BCUT2D eigenvalue weighted by Crippen LogP contribution is 2.28. The molecule has 27 heavy (non-hydrogen) atoms. The molecule has 0 aliphatic rings. The van der Waals surface area contributed by atoms with Gasteiger partial charge in [0.25, 0.3) is 0 Å². The molecule has 3 rings (SSSR count). The van der Waals surface area contributed by atoms with Crippen molar-refractivity contribution in [3.63, 3.8) is 0 Å². The van der Waals surface area contributed by atoms with Gasteiger partial charge in [-0.15, -0.1) is 11.3 Å². The molecule has 0 saturated heterocycles. The molecule has 3 aromatic rings. The van der Waals surface area contributed by atoms with Gasteiger partial charge in [0.2, 0.25) is 5.91 Å². The number of thiophene rings is 1. The number of hydrogen-bond acceptors (Lipinski definition) is 4. The number of aliphatic carboxylic acids is 1. The van der Waals surface area contributed by atoms with E-state index in [0.717, 1.165) is 21.8 Å². The van der Waals surface area contributed by atoms with Crippen LogP contribution in [0.5, 0.6) is 0 Å². The molecule has 5 nitrogen and oxygen atoms in total. The zero-order valence-corrected chi connectivity index (χ0v) is 16.3. The Morgan fingerprint density at radius 2 is 2.04 bits per heavy atom. The van der Waals surface area contributed by atoms with E-state index in [2.05, 4.69) is 5.32 Å². The first kappa shape index (κ1) is 19.2. The van der Waals surface area contributed by atoms with E-state index in [1.165, 1.54) is 0 Å². The summed E-state index contributed by atoms with van der Waals surface area (Å²) < 4.78 is 1.85. The van der Waals surface area contributed by atoms with Crippen LogP contribution in [0.3, 0.4) is 0 Å². The van der Waals surface area contributed by atoms with Gasteiger partial charge in [-0.2, -0.15) is 0 Å². The molecule has 0 saturated carbocycles. The molecule has 0 radical (unpaired) electrons. The van der Waals surface area contributed by atoms with Gasteiger partial charge in [0.1, 0.15) is 6.54 Å². The first-order valence-corrected chi connectivity index (χ1v) is 9.68. The first-order valence-electron chi connectivity index (χ1n) is 8.42. The molecule has 0 aliphatic carbocycles. The number of aromatic nitrogens is 1. The summed E-state index contributed by atoms with van der Waals surface area (Å²) in [5, 5.41) is 16.2. The van der Waals surface area contributed by atoms with Gasteiger partial charge in [-0.05, 0) is 61.0 Å². The number of halogens is 1. The zero-order chi connectivity index (χ0) is 19.4. The Morgan fingerprint density at radius 3 is 2.70 bits per heavy atom. The first-order chi connectivity index (χ1) is 12.9. The van der Waals surface area contributed by atoms with Crippen LogP contribution in [0.4, 0.5) is 5.69 Å². The summed E-state index contributed by atoms with van der Waals surface area (Å²) >= 11 is 7.68. The predicted octanol–water partition coefficient (Wildman–Crippen LogP) is 3.50. The number of nitrogens with one attached hydrogen (secondary N) is 1. The van der Waals surface area contributed by atoms with Crippen molar-refractivity contribution in [1.82, 2.24) is 4.57 Å². The third kappa shape index (κ3) is 4.78. The van der Waals surface area contributed by atoms with E-state index >= 15 is 0 Å². The minimum atomic E-state index is -1.11. The number of carboxylic acids is 1. The van der Waals surface area contributed by atoms with Crippen LogP contribution < -0.4 is 10.4 Å². The van der Waals surface area contributed by atoms with Gasteiger partial charge in [-0.3, -0.25) is 4.79 Å². The highest BCUT2D eigenvalue weighted by atomic mass is 35.5. The number of aryl methyl sites for hydroxylation is 2. The van der Waals surface area contributed by atoms with Gasteiger partial charge >= 0.3 is 0 Å². The third-order valence-electron chi connectivity index (χ3n) is 4.19. The normalized spacial score (nSPS) is 10.7. The number of benzene rings is 1. The molecule has 0 unspecified atom stereocenters. The monoisotopic (exact) mass is 401 g/mol. The van der Waals surface area contributed by atoms with Crippen LogP contribution in [0.1, 0.15) is 17.7 Å². The maximum atomic E-state index is 12.6. The fourth-order valence-corrected chi connectivity index (χ4v) is 3.74. The fourth-order valence-electron chi connectivity index (χ4n) is 2.80. The summed E-state index contributed by atoms with van der Waals surface area (Å²) in [4.78, 5) is 24.4. The second kappa shape index (κ2) is 8.41. The van der Waals surface area contributed by atoms with Gasteiger partial charge in [0.15, 0.2) is 0 Å². The Hall–Kier alpha value is -2.57. The van der Waals surface area contributed by atoms with Crippen molar-refractivity contribution in [3.05, 3.63) is 64.1 Å². The zero-order valence-electron chi connectivity index (χ0n) is 14.7. The number of carboxylic acid groups (broad SMARTS) is 1. The van der Waals surface area contributed by atoms with Crippen molar-refractivity contribution in [3.8, 4) is 10.6 Å². The number of carbonyl (C=O) groups is 2. The number of hydrogen-bond donors (Lipinski definition) is 1. The van der Waals surface area contributed by atoms with Gasteiger partial charge in [-0.25, -0.2) is 0 Å². The quantitative estimate of drug-likeness (QED) is 0.658. The highest BCUT2D eigenvalue weighted by molar-refractivity contribution is 7.13. The van der Waals surface area contributed by atoms with Gasteiger partial charge in [-0.1, -0.05) is 23.7 Å². The maximum Gasteiger partial charge on any atom is 0.244 e. The van der Waals surface area contributed by atoms with E-state index < -0.39 is 5.97 Å². The lowest BCUT2D eigenvalue weighted by atomic mass is 10.2. The molecule has 2 heterocycles. The molecule has 0 fully saturated rings. The van der Waals surface area contributed by atoms with Crippen LogP contribution in [0, 0.1) is 6.92 Å². The summed E-state index contributed by atoms with van der Waals surface area (Å²) in [5.74, 6) is -1.32. The van der Waals surface area contributed by atoms with Crippen LogP contribution in [-0.2, 0) is 22.6 Å². The lowest BCUT2D eigenvalue weighted by molar-refractivity contribution is -0.305. The van der Waals surface area contributed by atoms with Crippen molar-refractivity contribution in [2.45, 2.75) is 26.3 Å². The number of carbonyl (C=O) groups excluding carboxylic acids is 2. The summed E-state index contributed by atoms with van der Waals surface area (Å²) in [6.07, 6.45) is 0.209. The summed E-state index contributed by atoms with van der Waals surface area (Å²) in [6, 6.07) is 13.0. The molecule has 7 heteroatoms. The Bertz CT molecular complexity index is 964. The standard InChI is InChI=1S/C20H19ClN2O3S/c1-13-4-5-14(11-16(13)21)22-19(24)12-23-15(7-9-20(25)26)6-8-17(23)18-3-2-10-27-18/h2-6,8,10-11H,7,9,12H2,1H3,(H,22,24)(H,25,26)/p-1. The van der Waals surface area contributed by atoms with Crippen LogP contribution in [0.15, 0.2) is 47.8 Å². The maximum absolute atomic E-state index is 12.6. The average Bonchev–Trinajstić information content (AvgIpc) is 3.26. The third-order valence-corrected chi connectivity index (χ3v) is 5.49. The lowest BCUT2D eigenvalue weighted by Crippen LogP contribution is -2.24.